The van der Waals surface area contributed by atoms with Crippen LogP contribution in [0.4, 0.5) is 4.39 Å². The largest absolute Gasteiger partial charge is 0.391 e. The Morgan fingerprint density at radius 1 is 1.24 bits per heavy atom. The van der Waals surface area contributed by atoms with Crippen LogP contribution in [0, 0.1) is 12.3 Å². The van der Waals surface area contributed by atoms with E-state index in [1.165, 1.54) is 16.2 Å². The van der Waals surface area contributed by atoms with Crippen LogP contribution >= 0.6 is 11.3 Å². The van der Waals surface area contributed by atoms with Gasteiger partial charge in [0.05, 0.1) is 22.2 Å². The fourth-order valence-electron chi connectivity index (χ4n) is 5.35. The molecule has 0 radical (unpaired) electrons. The first-order valence-corrected chi connectivity index (χ1v) is 15.0. The highest BCUT2D eigenvalue weighted by Crippen LogP contribution is 2.41. The molecule has 1 saturated heterocycles. The average Bonchev–Trinajstić information content (AvgIpc) is 3.41. The fraction of sp³-hybridized carbons (Fsp3) is 0.567. The van der Waals surface area contributed by atoms with Gasteiger partial charge < -0.3 is 30.8 Å². The number of halogens is 1. The van der Waals surface area contributed by atoms with E-state index in [-0.39, 0.29) is 44.7 Å². The van der Waals surface area contributed by atoms with E-state index in [2.05, 4.69) is 20.9 Å². The average molecular weight is 602 g/mol. The standard InChI is InChI=1S/C30H40FN5O5S/c1-18-24(42-17-34-18)20-8-6-19(7-9-20)22(12-23(39)32-5)33-15-29(16-37)13-21(38)14-36(29)26(40)25(28(2,3)4)35-27(41)30(31)10-11-30/h6-9,16-17,21-22,25,33,38H,10-15H2,1-5H3,(H,32,39)(H,35,41)/t21-,22+,25?,29?/m1/s1. The molecular weight excluding hydrogens is 561 g/mol. The maximum atomic E-state index is 14.5. The lowest BCUT2D eigenvalue weighted by Gasteiger charge is -2.40. The number of thiazole rings is 1. The third kappa shape index (κ3) is 6.71. The number of alkyl halides is 1. The Kier molecular flexibility index (Phi) is 9.19. The number of aryl methyl sites for hydroxylation is 1. The number of amides is 3. The minimum Gasteiger partial charge on any atom is -0.391 e. The second-order valence-electron chi connectivity index (χ2n) is 12.5. The highest BCUT2D eigenvalue weighted by molar-refractivity contribution is 7.13. The molecule has 1 aromatic carbocycles. The number of carbonyl (C=O) groups is 4. The first-order chi connectivity index (χ1) is 19.7. The van der Waals surface area contributed by atoms with Gasteiger partial charge in [0.25, 0.3) is 5.91 Å². The number of aliphatic hydroxyl groups is 1. The Balaban J connectivity index is 1.58. The number of β-amino-alcohol motifs (C(OH)–C–C–N with tert-alkyl or cyclic N) is 1. The molecule has 42 heavy (non-hydrogen) atoms. The van der Waals surface area contributed by atoms with E-state index in [1.807, 2.05) is 31.2 Å². The summed E-state index contributed by atoms with van der Waals surface area (Å²) in [5, 5.41) is 19.1. The van der Waals surface area contributed by atoms with Crippen molar-refractivity contribution in [1.29, 1.82) is 0 Å². The van der Waals surface area contributed by atoms with Crippen LogP contribution in [-0.2, 0) is 19.2 Å². The zero-order chi connectivity index (χ0) is 30.9. The van der Waals surface area contributed by atoms with Crippen molar-refractivity contribution in [1.82, 2.24) is 25.8 Å². The number of aromatic nitrogens is 1. The number of benzene rings is 1. The number of aldehydes is 1. The van der Waals surface area contributed by atoms with E-state index in [1.54, 1.807) is 33.3 Å². The third-order valence-electron chi connectivity index (χ3n) is 8.13. The van der Waals surface area contributed by atoms with Crippen molar-refractivity contribution in [2.75, 3.05) is 20.1 Å². The summed E-state index contributed by atoms with van der Waals surface area (Å²) in [5.74, 6) is -1.63. The first kappa shape index (κ1) is 31.7. The lowest BCUT2D eigenvalue weighted by Crippen LogP contribution is -2.62. The maximum absolute atomic E-state index is 14.5. The summed E-state index contributed by atoms with van der Waals surface area (Å²) < 4.78 is 14.5. The first-order valence-electron chi connectivity index (χ1n) is 14.1. The SMILES string of the molecule is CNC(=O)C[C@H](NCC1(C=O)C[C@@H](O)CN1C(=O)C(NC(=O)C1(F)CC1)C(C)(C)C)c1ccc(-c2scnc2C)cc1. The molecular formula is C30H40FN5O5S. The lowest BCUT2D eigenvalue weighted by atomic mass is 9.84. The summed E-state index contributed by atoms with van der Waals surface area (Å²) in [6.07, 6.45) is -0.0889. The fourth-order valence-corrected chi connectivity index (χ4v) is 6.16. The van der Waals surface area contributed by atoms with Crippen molar-refractivity contribution in [2.24, 2.45) is 5.41 Å². The van der Waals surface area contributed by atoms with Gasteiger partial charge in [0.1, 0.15) is 17.9 Å². The molecule has 2 unspecified atom stereocenters. The van der Waals surface area contributed by atoms with Gasteiger partial charge in [0.15, 0.2) is 5.67 Å². The second kappa shape index (κ2) is 12.2. The Bertz CT molecular complexity index is 1320. The van der Waals surface area contributed by atoms with Crippen LogP contribution in [0.5, 0.6) is 0 Å². The number of hydrogen-bond acceptors (Lipinski definition) is 8. The van der Waals surface area contributed by atoms with Gasteiger partial charge in [0, 0.05) is 39.0 Å². The molecule has 4 rings (SSSR count). The van der Waals surface area contributed by atoms with E-state index in [9.17, 15) is 28.7 Å². The van der Waals surface area contributed by atoms with Crippen molar-refractivity contribution in [3.05, 3.63) is 41.0 Å². The molecule has 4 N–H and O–H groups in total. The van der Waals surface area contributed by atoms with Crippen LogP contribution in [0.15, 0.2) is 29.8 Å². The molecule has 2 aliphatic rings. The third-order valence-corrected chi connectivity index (χ3v) is 9.11. The van der Waals surface area contributed by atoms with Crippen LogP contribution in [0.1, 0.15) is 63.8 Å². The van der Waals surface area contributed by atoms with Crippen LogP contribution in [0.2, 0.25) is 0 Å². The Labute approximate surface area is 249 Å². The zero-order valence-corrected chi connectivity index (χ0v) is 25.5. The molecule has 0 spiro atoms. The normalized spacial score (nSPS) is 22.7. The number of rotatable bonds is 11. The Morgan fingerprint density at radius 2 is 1.90 bits per heavy atom. The van der Waals surface area contributed by atoms with Crippen molar-refractivity contribution >= 4 is 35.3 Å². The molecule has 0 bridgehead atoms. The van der Waals surface area contributed by atoms with Gasteiger partial charge in [-0.05, 0) is 36.3 Å². The molecule has 228 valence electrons. The van der Waals surface area contributed by atoms with Crippen molar-refractivity contribution in [3.63, 3.8) is 0 Å². The Morgan fingerprint density at radius 3 is 2.43 bits per heavy atom. The smallest absolute Gasteiger partial charge is 0.258 e. The van der Waals surface area contributed by atoms with E-state index in [4.69, 9.17) is 0 Å². The van der Waals surface area contributed by atoms with Crippen molar-refractivity contribution in [3.8, 4) is 10.4 Å². The van der Waals surface area contributed by atoms with Crippen LogP contribution in [0.25, 0.3) is 10.4 Å². The van der Waals surface area contributed by atoms with Gasteiger partial charge in [-0.3, -0.25) is 14.4 Å². The van der Waals surface area contributed by atoms with Crippen LogP contribution in [-0.4, -0.2) is 82.5 Å². The lowest BCUT2D eigenvalue weighted by molar-refractivity contribution is -0.146. The number of likely N-dealkylation sites (tertiary alicyclic amines) is 1. The van der Waals surface area contributed by atoms with E-state index < -0.39 is 46.6 Å². The summed E-state index contributed by atoms with van der Waals surface area (Å²) >= 11 is 1.54. The van der Waals surface area contributed by atoms with Crippen molar-refractivity contribution < 1.29 is 28.7 Å². The molecule has 2 aromatic rings. The van der Waals surface area contributed by atoms with Crippen LogP contribution < -0.4 is 16.0 Å². The van der Waals surface area contributed by atoms with Gasteiger partial charge in [-0.2, -0.15) is 0 Å². The second-order valence-corrected chi connectivity index (χ2v) is 13.3. The molecule has 12 heteroatoms. The van der Waals surface area contributed by atoms with E-state index >= 15 is 0 Å². The van der Waals surface area contributed by atoms with E-state index in [0.717, 1.165) is 21.7 Å². The van der Waals surface area contributed by atoms with Gasteiger partial charge >= 0.3 is 0 Å². The minimum atomic E-state index is -1.97. The predicted octanol–water partition coefficient (Wildman–Crippen LogP) is 2.45. The van der Waals surface area contributed by atoms with Gasteiger partial charge in [0.2, 0.25) is 11.8 Å². The highest BCUT2D eigenvalue weighted by Gasteiger charge is 2.55. The molecule has 4 atom stereocenters. The molecule has 1 aromatic heterocycles. The number of carbonyl (C=O) groups excluding carboxylic acids is 4. The zero-order valence-electron chi connectivity index (χ0n) is 24.7. The molecule has 2 heterocycles. The summed E-state index contributed by atoms with van der Waals surface area (Å²) in [7, 11) is 1.54. The van der Waals surface area contributed by atoms with E-state index in [0.29, 0.717) is 6.29 Å². The summed E-state index contributed by atoms with van der Waals surface area (Å²) in [6.45, 7) is 7.02. The van der Waals surface area contributed by atoms with Gasteiger partial charge in [-0.15, -0.1) is 11.3 Å². The topological polar surface area (TPSA) is 141 Å². The minimum absolute atomic E-state index is 0.0244. The molecule has 1 aliphatic heterocycles. The number of hydrogen-bond donors (Lipinski definition) is 4. The molecule has 1 saturated carbocycles. The summed E-state index contributed by atoms with van der Waals surface area (Å²) in [6, 6.07) is 6.09. The molecule has 3 amide bonds. The number of nitrogens with one attached hydrogen (secondary N) is 3. The Hall–Kier alpha value is -3.22. The maximum Gasteiger partial charge on any atom is 0.258 e. The number of aliphatic hydroxyl groups excluding tert-OH is 1. The summed E-state index contributed by atoms with van der Waals surface area (Å²) in [5.41, 5.74) is 0.292. The number of nitrogens with zero attached hydrogens (tertiary/aromatic N) is 2. The van der Waals surface area contributed by atoms with Crippen molar-refractivity contribution in [2.45, 2.75) is 82.8 Å². The molecule has 2 fully saturated rings. The van der Waals surface area contributed by atoms with Gasteiger partial charge in [-0.25, -0.2) is 9.37 Å². The molecule has 10 nitrogen and oxygen atoms in total. The highest BCUT2D eigenvalue weighted by atomic mass is 32.1. The molecule has 1 aliphatic carbocycles. The predicted molar refractivity (Wildman–Crippen MR) is 157 cm³/mol. The summed E-state index contributed by atoms with van der Waals surface area (Å²) in [4.78, 5) is 58.3. The van der Waals surface area contributed by atoms with Gasteiger partial charge in [-0.1, -0.05) is 45.0 Å². The van der Waals surface area contributed by atoms with Crippen LogP contribution in [0.3, 0.4) is 0 Å². The quantitative estimate of drug-likeness (QED) is 0.290. The monoisotopic (exact) mass is 601 g/mol.